The zero-order valence-corrected chi connectivity index (χ0v) is 18.2. The molecule has 1 atom stereocenters. The molecule has 2 aromatic carbocycles. The van der Waals surface area contributed by atoms with Gasteiger partial charge in [-0.05, 0) is 56.2 Å². The van der Waals surface area contributed by atoms with Crippen molar-refractivity contribution in [2.75, 3.05) is 0 Å². The third-order valence-electron chi connectivity index (χ3n) is 7.18. The Bertz CT molecular complexity index is 1040. The van der Waals surface area contributed by atoms with Gasteiger partial charge in [0.2, 0.25) is 5.82 Å². The van der Waals surface area contributed by atoms with Gasteiger partial charge in [0, 0.05) is 5.56 Å². The van der Waals surface area contributed by atoms with Gasteiger partial charge >= 0.3 is 0 Å². The highest BCUT2D eigenvalue weighted by molar-refractivity contribution is 5.82. The van der Waals surface area contributed by atoms with E-state index < -0.39 is 0 Å². The number of nitrogens with zero attached hydrogens (tertiary/aromatic N) is 3. The normalized spacial score (nSPS) is 19.9. The maximum atomic E-state index is 4.04. The van der Waals surface area contributed by atoms with Crippen LogP contribution in [0.15, 0.2) is 42.5 Å². The molecule has 1 N–H and O–H groups in total. The van der Waals surface area contributed by atoms with Crippen molar-refractivity contribution in [1.29, 1.82) is 0 Å². The lowest BCUT2D eigenvalue weighted by molar-refractivity contribution is 0.264. The van der Waals surface area contributed by atoms with Crippen molar-refractivity contribution in [1.82, 2.24) is 20.6 Å². The van der Waals surface area contributed by atoms with Crippen molar-refractivity contribution in [3.8, 4) is 11.4 Å². The number of benzene rings is 2. The number of hydrogen-bond acceptors (Lipinski definition) is 3. The highest BCUT2D eigenvalue weighted by Gasteiger charge is 2.48. The first-order valence-corrected chi connectivity index (χ1v) is 10.4. The molecule has 1 aromatic heterocycles. The van der Waals surface area contributed by atoms with Gasteiger partial charge in [0.1, 0.15) is 0 Å². The molecule has 150 valence electrons. The highest BCUT2D eigenvalue weighted by Crippen LogP contribution is 2.53. The summed E-state index contributed by atoms with van der Waals surface area (Å²) in [6.45, 7) is 14.2. The van der Waals surface area contributed by atoms with Crippen LogP contribution in [0, 0.1) is 5.92 Å². The van der Waals surface area contributed by atoms with E-state index in [-0.39, 0.29) is 10.8 Å². The number of tetrazole rings is 1. The molecule has 1 aliphatic rings. The van der Waals surface area contributed by atoms with Gasteiger partial charge in [-0.1, -0.05) is 90.1 Å². The van der Waals surface area contributed by atoms with Crippen LogP contribution in [0.2, 0.25) is 0 Å². The number of nitrogens with one attached hydrogen (secondary N) is 1. The highest BCUT2D eigenvalue weighted by atomic mass is 15.5. The Morgan fingerprint density at radius 2 is 1.69 bits per heavy atom. The van der Waals surface area contributed by atoms with Crippen LogP contribution in [-0.2, 0) is 10.8 Å². The Balaban J connectivity index is 1.70. The van der Waals surface area contributed by atoms with Crippen molar-refractivity contribution in [2.45, 2.75) is 58.8 Å². The maximum Gasteiger partial charge on any atom is 0.204 e. The molecular weight excluding hydrogens is 356 g/mol. The quantitative estimate of drug-likeness (QED) is 0.558. The molecule has 29 heavy (non-hydrogen) atoms. The van der Waals surface area contributed by atoms with Gasteiger partial charge < -0.3 is 0 Å². The Labute approximate surface area is 173 Å². The second-order valence-electron chi connectivity index (χ2n) is 9.31. The standard InChI is InChI=1S/C25H30N4/c1-7-18(14-17-8-10-19(11-9-17)23-26-28-29-27-23)20-12-13-21-22(15-20)25(5,6)16(2)24(21,3)4/h8-16H,7H2,1-6H3,(H,26,27,28,29)/b18-14+. The van der Waals surface area contributed by atoms with Gasteiger partial charge in [-0.2, -0.15) is 5.21 Å². The number of H-pyrrole nitrogens is 1. The van der Waals surface area contributed by atoms with Crippen LogP contribution in [0.4, 0.5) is 0 Å². The summed E-state index contributed by atoms with van der Waals surface area (Å²) in [4.78, 5) is 0. The summed E-state index contributed by atoms with van der Waals surface area (Å²) in [5.41, 5.74) is 8.21. The number of hydrogen-bond donors (Lipinski definition) is 1. The lowest BCUT2D eigenvalue weighted by Gasteiger charge is -2.32. The van der Waals surface area contributed by atoms with Gasteiger partial charge in [-0.25, -0.2) is 0 Å². The molecule has 4 nitrogen and oxygen atoms in total. The smallest absolute Gasteiger partial charge is 0.177 e. The van der Waals surface area contributed by atoms with Crippen LogP contribution in [0.25, 0.3) is 23.0 Å². The number of aromatic nitrogens is 4. The number of allylic oxidation sites excluding steroid dienone is 1. The Kier molecular flexibility index (Phi) is 4.68. The van der Waals surface area contributed by atoms with Crippen LogP contribution in [0.1, 0.15) is 70.2 Å². The van der Waals surface area contributed by atoms with Gasteiger partial charge in [0.15, 0.2) is 0 Å². The van der Waals surface area contributed by atoms with Crippen LogP contribution in [0.5, 0.6) is 0 Å². The summed E-state index contributed by atoms with van der Waals surface area (Å²) in [6, 6.07) is 15.4. The molecule has 3 aromatic rings. The predicted molar refractivity (Wildman–Crippen MR) is 119 cm³/mol. The van der Waals surface area contributed by atoms with Crippen molar-refractivity contribution < 1.29 is 0 Å². The lowest BCUT2D eigenvalue weighted by Crippen LogP contribution is -2.30. The van der Waals surface area contributed by atoms with Crippen molar-refractivity contribution in [3.05, 3.63) is 64.7 Å². The van der Waals surface area contributed by atoms with Crippen molar-refractivity contribution in [3.63, 3.8) is 0 Å². The SMILES string of the molecule is CC/C(=C\c1ccc(-c2nn[nH]n2)cc1)c1ccc2c(c1)C(C)(C)C(C)C2(C)C. The maximum absolute atomic E-state index is 4.04. The summed E-state index contributed by atoms with van der Waals surface area (Å²) < 4.78 is 0. The van der Waals surface area contributed by atoms with E-state index in [1.54, 1.807) is 0 Å². The molecule has 0 saturated carbocycles. The molecule has 0 bridgehead atoms. The van der Waals surface area contributed by atoms with E-state index in [1.807, 2.05) is 12.1 Å². The molecule has 0 aliphatic heterocycles. The van der Waals surface area contributed by atoms with E-state index in [2.05, 4.69) is 98.6 Å². The van der Waals surface area contributed by atoms with Gasteiger partial charge in [-0.3, -0.25) is 0 Å². The molecule has 0 saturated heterocycles. The fraction of sp³-hybridized carbons (Fsp3) is 0.400. The summed E-state index contributed by atoms with van der Waals surface area (Å²) in [6.07, 6.45) is 3.28. The van der Waals surface area contributed by atoms with E-state index in [9.17, 15) is 0 Å². The van der Waals surface area contributed by atoms with Gasteiger partial charge in [0.25, 0.3) is 0 Å². The second-order valence-corrected chi connectivity index (χ2v) is 9.31. The van der Waals surface area contributed by atoms with E-state index in [0.29, 0.717) is 11.7 Å². The number of rotatable bonds is 4. The average molecular weight is 387 g/mol. The molecule has 1 aliphatic carbocycles. The molecule has 1 unspecified atom stereocenters. The minimum atomic E-state index is 0.180. The van der Waals surface area contributed by atoms with Crippen LogP contribution < -0.4 is 0 Å². The van der Waals surface area contributed by atoms with E-state index >= 15 is 0 Å². The monoisotopic (exact) mass is 386 g/mol. The second kappa shape index (κ2) is 6.94. The van der Waals surface area contributed by atoms with Crippen molar-refractivity contribution >= 4 is 11.6 Å². The minimum absolute atomic E-state index is 0.180. The molecule has 0 amide bonds. The summed E-state index contributed by atoms with van der Waals surface area (Å²) in [5, 5.41) is 14.2. The summed E-state index contributed by atoms with van der Waals surface area (Å²) in [5.74, 6) is 1.22. The molecule has 0 spiro atoms. The first-order valence-electron chi connectivity index (χ1n) is 10.4. The molecule has 0 radical (unpaired) electrons. The van der Waals surface area contributed by atoms with Crippen LogP contribution in [0.3, 0.4) is 0 Å². The van der Waals surface area contributed by atoms with Gasteiger partial charge in [0.05, 0.1) is 0 Å². The lowest BCUT2D eigenvalue weighted by atomic mass is 9.71. The third-order valence-corrected chi connectivity index (χ3v) is 7.18. The molecular formula is C25H30N4. The molecule has 4 heteroatoms. The fourth-order valence-electron chi connectivity index (χ4n) is 4.81. The predicted octanol–water partition coefficient (Wildman–Crippen LogP) is 6.02. The Hall–Kier alpha value is -2.75. The molecule has 0 fully saturated rings. The molecule has 4 rings (SSSR count). The van der Waals surface area contributed by atoms with Crippen molar-refractivity contribution in [2.24, 2.45) is 5.92 Å². The Morgan fingerprint density at radius 3 is 2.31 bits per heavy atom. The van der Waals surface area contributed by atoms with E-state index in [0.717, 1.165) is 12.0 Å². The third kappa shape index (κ3) is 3.21. The zero-order chi connectivity index (χ0) is 20.8. The van der Waals surface area contributed by atoms with E-state index in [4.69, 9.17) is 0 Å². The van der Waals surface area contributed by atoms with Crippen LogP contribution in [-0.4, -0.2) is 20.6 Å². The largest absolute Gasteiger partial charge is 0.204 e. The van der Waals surface area contributed by atoms with Gasteiger partial charge in [-0.15, -0.1) is 10.2 Å². The average Bonchev–Trinajstić information content (AvgIpc) is 3.29. The molecule has 1 heterocycles. The topological polar surface area (TPSA) is 54.5 Å². The van der Waals surface area contributed by atoms with Crippen LogP contribution >= 0.6 is 0 Å². The summed E-state index contributed by atoms with van der Waals surface area (Å²) in [7, 11) is 0. The first-order chi connectivity index (χ1) is 13.7. The zero-order valence-electron chi connectivity index (χ0n) is 18.2. The summed E-state index contributed by atoms with van der Waals surface area (Å²) >= 11 is 0. The van der Waals surface area contributed by atoms with E-state index in [1.165, 1.54) is 27.8 Å². The number of fused-ring (bicyclic) bond motifs is 1. The fourth-order valence-corrected chi connectivity index (χ4v) is 4.81. The first kappa shape index (κ1) is 19.6. The number of aromatic amines is 1. The Morgan fingerprint density at radius 1 is 1.00 bits per heavy atom. The minimum Gasteiger partial charge on any atom is -0.177 e.